The minimum Gasteiger partial charge on any atom is -0.487 e. The first kappa shape index (κ1) is 32.9. The van der Waals surface area contributed by atoms with E-state index in [0.29, 0.717) is 5.75 Å². The Morgan fingerprint density at radius 2 is 1.49 bits per heavy atom. The number of carboxylic acids is 1. The van der Waals surface area contributed by atoms with Gasteiger partial charge in [0, 0.05) is 11.1 Å². The predicted molar refractivity (Wildman–Crippen MR) is 160 cm³/mol. The van der Waals surface area contributed by atoms with Crippen molar-refractivity contribution in [2.75, 3.05) is 0 Å². The molecule has 0 saturated heterocycles. The van der Waals surface area contributed by atoms with Gasteiger partial charge in [-0.15, -0.1) is 0 Å². The highest BCUT2D eigenvalue weighted by Crippen LogP contribution is 2.45. The molecule has 1 N–H and O–H groups in total. The van der Waals surface area contributed by atoms with E-state index in [1.807, 2.05) is 20.8 Å². The zero-order valence-electron chi connectivity index (χ0n) is 26.0. The SMILES string of the molecule is C=C(CC(=O)O)C(=O)Oc1c(C)c(C)c2c(c1C)CCC(C)(CCCC(C)CCCC(C)CCCC(C)C)O2. The van der Waals surface area contributed by atoms with E-state index in [2.05, 4.69) is 41.2 Å². The standard InChI is InChI=1S/C34H54O5/c1-22(2)13-10-14-23(3)15-11-16-24(4)17-12-19-34(9)20-18-29-28(8)31(26(6)27(7)32(29)39-34)38-33(37)25(5)21-30(35)36/h22-24H,5,10-21H2,1-4,6-9H3,(H,35,36). The number of hydrogen-bond acceptors (Lipinski definition) is 4. The Morgan fingerprint density at radius 1 is 0.923 bits per heavy atom. The van der Waals surface area contributed by atoms with Crippen LogP contribution in [0.4, 0.5) is 0 Å². The molecule has 0 aromatic heterocycles. The number of carboxylic acid groups (broad SMARTS) is 1. The summed E-state index contributed by atoms with van der Waals surface area (Å²) >= 11 is 0. The Morgan fingerprint density at radius 3 is 2.05 bits per heavy atom. The molecule has 5 heteroatoms. The Labute approximate surface area is 237 Å². The zero-order chi connectivity index (χ0) is 29.3. The molecule has 220 valence electrons. The molecule has 0 bridgehead atoms. The van der Waals surface area contributed by atoms with Gasteiger partial charge in [-0.05, 0) is 87.8 Å². The maximum atomic E-state index is 12.5. The van der Waals surface area contributed by atoms with Gasteiger partial charge in [-0.1, -0.05) is 79.2 Å². The molecule has 0 amide bonds. The van der Waals surface area contributed by atoms with Crippen molar-refractivity contribution in [1.29, 1.82) is 0 Å². The molecule has 0 saturated carbocycles. The number of benzene rings is 1. The van der Waals surface area contributed by atoms with E-state index in [4.69, 9.17) is 14.6 Å². The van der Waals surface area contributed by atoms with Crippen LogP contribution < -0.4 is 9.47 Å². The normalized spacial score (nSPS) is 18.3. The molecule has 2 rings (SSSR count). The number of carbonyl (C=O) groups is 2. The van der Waals surface area contributed by atoms with Gasteiger partial charge in [-0.2, -0.15) is 0 Å². The van der Waals surface area contributed by atoms with Crippen molar-refractivity contribution in [1.82, 2.24) is 0 Å². The minimum absolute atomic E-state index is 0.0640. The Balaban J connectivity index is 1.90. The molecule has 39 heavy (non-hydrogen) atoms. The quantitative estimate of drug-likeness (QED) is 0.128. The molecule has 1 aromatic rings. The van der Waals surface area contributed by atoms with Crippen molar-refractivity contribution >= 4 is 11.9 Å². The number of ether oxygens (including phenoxy) is 2. The molecule has 5 nitrogen and oxygen atoms in total. The van der Waals surface area contributed by atoms with Crippen LogP contribution >= 0.6 is 0 Å². The molecule has 0 spiro atoms. The lowest BCUT2D eigenvalue weighted by Crippen LogP contribution is -2.37. The van der Waals surface area contributed by atoms with Crippen molar-refractivity contribution < 1.29 is 24.2 Å². The van der Waals surface area contributed by atoms with E-state index < -0.39 is 18.4 Å². The van der Waals surface area contributed by atoms with E-state index in [1.54, 1.807) is 0 Å². The van der Waals surface area contributed by atoms with E-state index in [-0.39, 0.29) is 11.2 Å². The van der Waals surface area contributed by atoms with Crippen LogP contribution in [0.5, 0.6) is 11.5 Å². The zero-order valence-corrected chi connectivity index (χ0v) is 26.0. The van der Waals surface area contributed by atoms with Gasteiger partial charge < -0.3 is 14.6 Å². The average Bonchev–Trinajstić information content (AvgIpc) is 2.84. The van der Waals surface area contributed by atoms with E-state index in [9.17, 15) is 9.59 Å². The molecule has 3 unspecified atom stereocenters. The lowest BCUT2D eigenvalue weighted by molar-refractivity contribution is -0.138. The molecule has 1 aromatic carbocycles. The van der Waals surface area contributed by atoms with Gasteiger partial charge in [0.1, 0.15) is 17.1 Å². The summed E-state index contributed by atoms with van der Waals surface area (Å²) < 4.78 is 12.3. The van der Waals surface area contributed by atoms with Crippen LogP contribution in [-0.4, -0.2) is 22.6 Å². The molecular formula is C34H54O5. The Kier molecular flexibility index (Phi) is 12.6. The first-order valence-corrected chi connectivity index (χ1v) is 15.2. The van der Waals surface area contributed by atoms with Gasteiger partial charge in [0.25, 0.3) is 0 Å². The highest BCUT2D eigenvalue weighted by molar-refractivity contribution is 5.94. The van der Waals surface area contributed by atoms with Gasteiger partial charge in [0.05, 0.1) is 6.42 Å². The third-order valence-electron chi connectivity index (χ3n) is 8.69. The molecule has 0 fully saturated rings. The van der Waals surface area contributed by atoms with E-state index >= 15 is 0 Å². The summed E-state index contributed by atoms with van der Waals surface area (Å²) in [4.78, 5) is 23.4. The van der Waals surface area contributed by atoms with Crippen molar-refractivity contribution in [2.45, 2.75) is 138 Å². The molecule has 1 heterocycles. The lowest BCUT2D eigenvalue weighted by atomic mass is 9.83. The summed E-state index contributed by atoms with van der Waals surface area (Å²) in [6.45, 7) is 21.1. The number of carbonyl (C=O) groups excluding carboxylic acids is 1. The second-order valence-electron chi connectivity index (χ2n) is 13.0. The third-order valence-corrected chi connectivity index (χ3v) is 8.69. The fourth-order valence-electron chi connectivity index (χ4n) is 5.83. The monoisotopic (exact) mass is 542 g/mol. The van der Waals surface area contributed by atoms with Crippen molar-refractivity contribution in [3.63, 3.8) is 0 Å². The number of hydrogen-bond donors (Lipinski definition) is 1. The predicted octanol–water partition coefficient (Wildman–Crippen LogP) is 9.07. The summed E-state index contributed by atoms with van der Waals surface area (Å²) in [5.74, 6) is 2.02. The van der Waals surface area contributed by atoms with Gasteiger partial charge >= 0.3 is 11.9 Å². The maximum absolute atomic E-state index is 12.5. The van der Waals surface area contributed by atoms with E-state index in [1.165, 1.54) is 44.9 Å². The van der Waals surface area contributed by atoms with Crippen LogP contribution in [0.25, 0.3) is 0 Å². The topological polar surface area (TPSA) is 72.8 Å². The number of esters is 1. The Hall–Kier alpha value is -2.30. The van der Waals surface area contributed by atoms with Crippen LogP contribution in [0.15, 0.2) is 12.2 Å². The largest absolute Gasteiger partial charge is 0.487 e. The summed E-state index contributed by atoms with van der Waals surface area (Å²) in [6, 6.07) is 0. The molecule has 0 radical (unpaired) electrons. The van der Waals surface area contributed by atoms with Crippen molar-refractivity contribution in [2.24, 2.45) is 17.8 Å². The first-order valence-electron chi connectivity index (χ1n) is 15.2. The highest BCUT2D eigenvalue weighted by Gasteiger charge is 2.35. The highest BCUT2D eigenvalue weighted by atomic mass is 16.5. The van der Waals surface area contributed by atoms with Crippen LogP contribution in [0, 0.1) is 38.5 Å². The smallest absolute Gasteiger partial charge is 0.339 e. The van der Waals surface area contributed by atoms with E-state index in [0.717, 1.165) is 71.4 Å². The second kappa shape index (κ2) is 14.9. The molecule has 1 aliphatic rings. The van der Waals surface area contributed by atoms with Crippen LogP contribution in [0.1, 0.15) is 128 Å². The lowest BCUT2D eigenvalue weighted by Gasteiger charge is -2.38. The maximum Gasteiger partial charge on any atom is 0.339 e. The Bertz CT molecular complexity index is 1010. The second-order valence-corrected chi connectivity index (χ2v) is 13.0. The van der Waals surface area contributed by atoms with Crippen molar-refractivity contribution in [3.05, 3.63) is 34.4 Å². The molecular weight excluding hydrogens is 488 g/mol. The number of aliphatic carboxylic acids is 1. The van der Waals surface area contributed by atoms with Crippen LogP contribution in [0.2, 0.25) is 0 Å². The van der Waals surface area contributed by atoms with Crippen molar-refractivity contribution in [3.8, 4) is 11.5 Å². The van der Waals surface area contributed by atoms with Gasteiger partial charge in [0.2, 0.25) is 0 Å². The van der Waals surface area contributed by atoms with Gasteiger partial charge in [0.15, 0.2) is 0 Å². The third kappa shape index (κ3) is 9.99. The fraction of sp³-hybridized carbons (Fsp3) is 0.706. The summed E-state index contributed by atoms with van der Waals surface area (Å²) in [5, 5.41) is 8.96. The van der Waals surface area contributed by atoms with Crippen LogP contribution in [0.3, 0.4) is 0 Å². The first-order chi connectivity index (χ1) is 18.2. The molecule has 0 aliphatic carbocycles. The minimum atomic E-state index is -1.10. The van der Waals surface area contributed by atoms with Gasteiger partial charge in [-0.3, -0.25) is 4.79 Å². The molecule has 1 aliphatic heterocycles. The summed E-state index contributed by atoms with van der Waals surface area (Å²) in [6.07, 6.45) is 12.9. The summed E-state index contributed by atoms with van der Waals surface area (Å²) in [7, 11) is 0. The average molecular weight is 543 g/mol. The number of fused-ring (bicyclic) bond motifs is 1. The molecule has 3 atom stereocenters. The fourth-order valence-corrected chi connectivity index (χ4v) is 5.83. The summed E-state index contributed by atoms with van der Waals surface area (Å²) in [5.41, 5.74) is 3.53. The van der Waals surface area contributed by atoms with Crippen LogP contribution in [-0.2, 0) is 16.0 Å². The van der Waals surface area contributed by atoms with Gasteiger partial charge in [-0.25, -0.2) is 4.79 Å². The number of rotatable bonds is 16.